The van der Waals surface area contributed by atoms with Crippen LogP contribution in [0.25, 0.3) is 0 Å². The van der Waals surface area contributed by atoms with E-state index in [0.29, 0.717) is 0 Å². The van der Waals surface area contributed by atoms with Gasteiger partial charge in [0.25, 0.3) is 0 Å². The van der Waals surface area contributed by atoms with Gasteiger partial charge >= 0.3 is 15.2 Å². The van der Waals surface area contributed by atoms with Gasteiger partial charge in [-0.1, -0.05) is 0 Å². The molecule has 0 fully saturated rings. The van der Waals surface area contributed by atoms with E-state index < -0.39 is 48.5 Å². The quantitative estimate of drug-likeness (QED) is 0.217. The summed E-state index contributed by atoms with van der Waals surface area (Å²) < 4.78 is 51.1. The first-order valence-corrected chi connectivity index (χ1v) is 26.7. The second-order valence-corrected chi connectivity index (χ2v) is 34.0. The third-order valence-electron chi connectivity index (χ3n) is 2.48. The normalized spacial score (nSPS) is 15.4. The highest BCUT2D eigenvalue weighted by Gasteiger charge is 2.41. The van der Waals surface area contributed by atoms with Crippen LogP contribution in [0.5, 0.6) is 0 Å². The highest BCUT2D eigenvalue weighted by molar-refractivity contribution is 7.58. The van der Waals surface area contributed by atoms with Crippen LogP contribution in [0.3, 0.4) is 0 Å². The summed E-state index contributed by atoms with van der Waals surface area (Å²) in [4.78, 5) is 1.72. The van der Waals surface area contributed by atoms with E-state index in [1.807, 2.05) is 78.6 Å². The largest absolute Gasteiger partial charge is 0.351 e. The standard InChI is InChI=1S/C15H43NO6P2Si4/c1-16(14-23(17,19-25(2,3)4)20-26(5,6)7)15-24(18,21-27(8,9)10)22-28(11,12)13/h14-15H2,1-13H3. The Morgan fingerprint density at radius 2 is 0.714 bits per heavy atom. The molecule has 0 aliphatic carbocycles. The van der Waals surface area contributed by atoms with Crippen LogP contribution in [0.2, 0.25) is 78.6 Å². The topological polar surface area (TPSA) is 74.3 Å². The molecule has 0 saturated carbocycles. The maximum Gasteiger partial charge on any atom is 0.325 e. The van der Waals surface area contributed by atoms with Crippen molar-refractivity contribution in [2.45, 2.75) is 78.6 Å². The van der Waals surface area contributed by atoms with E-state index >= 15 is 0 Å². The monoisotopic (exact) mass is 507 g/mol. The van der Waals surface area contributed by atoms with Gasteiger partial charge in [0, 0.05) is 0 Å². The van der Waals surface area contributed by atoms with E-state index in [1.54, 1.807) is 11.9 Å². The molecule has 0 atom stereocenters. The van der Waals surface area contributed by atoms with Crippen LogP contribution in [0, 0.1) is 0 Å². The highest BCUT2D eigenvalue weighted by Crippen LogP contribution is 2.57. The molecule has 0 spiro atoms. The minimum absolute atomic E-state index is 0.0651. The van der Waals surface area contributed by atoms with E-state index in [-0.39, 0.29) is 12.6 Å². The van der Waals surface area contributed by atoms with Gasteiger partial charge in [-0.2, -0.15) is 0 Å². The van der Waals surface area contributed by atoms with Crippen molar-refractivity contribution in [3.63, 3.8) is 0 Å². The maximum atomic E-state index is 13.5. The van der Waals surface area contributed by atoms with Gasteiger partial charge < -0.3 is 16.9 Å². The summed E-state index contributed by atoms with van der Waals surface area (Å²) in [6.07, 6.45) is 0.130. The predicted octanol–water partition coefficient (Wildman–Crippen LogP) is 6.63. The van der Waals surface area contributed by atoms with Crippen LogP contribution in [-0.4, -0.2) is 57.8 Å². The molecule has 0 saturated heterocycles. The summed E-state index contributed by atoms with van der Waals surface area (Å²) >= 11 is 0. The van der Waals surface area contributed by atoms with Crippen LogP contribution in [0.4, 0.5) is 0 Å². The Bertz CT molecular complexity index is 516. The minimum atomic E-state index is -3.37. The Kier molecular flexibility index (Phi) is 10.1. The van der Waals surface area contributed by atoms with Crippen LogP contribution in [-0.2, 0) is 26.0 Å². The molecule has 28 heavy (non-hydrogen) atoms. The molecule has 0 heterocycles. The number of hydrogen-bond acceptors (Lipinski definition) is 7. The van der Waals surface area contributed by atoms with Crippen molar-refractivity contribution in [3.05, 3.63) is 0 Å². The van der Waals surface area contributed by atoms with Crippen LogP contribution in [0.1, 0.15) is 0 Å². The summed E-state index contributed by atoms with van der Waals surface area (Å²) in [5, 5.41) is 0. The molecule has 0 N–H and O–H groups in total. The van der Waals surface area contributed by atoms with Crippen molar-refractivity contribution in [3.8, 4) is 0 Å². The van der Waals surface area contributed by atoms with E-state index in [1.165, 1.54) is 0 Å². The molecular weight excluding hydrogens is 464 g/mol. The summed E-state index contributed by atoms with van der Waals surface area (Å²) in [5.41, 5.74) is 0. The number of nitrogens with zero attached hydrogens (tertiary/aromatic N) is 1. The lowest BCUT2D eigenvalue weighted by Gasteiger charge is -2.36. The average molecular weight is 508 g/mol. The van der Waals surface area contributed by atoms with Crippen molar-refractivity contribution < 1.29 is 26.0 Å². The molecule has 0 aromatic rings. The molecule has 0 bridgehead atoms. The first-order chi connectivity index (χ1) is 11.9. The Morgan fingerprint density at radius 3 is 0.857 bits per heavy atom. The molecule has 0 radical (unpaired) electrons. The van der Waals surface area contributed by atoms with Gasteiger partial charge in [0.05, 0.1) is 0 Å². The lowest BCUT2D eigenvalue weighted by molar-refractivity contribution is 0.315. The van der Waals surface area contributed by atoms with E-state index in [4.69, 9.17) is 16.9 Å². The van der Waals surface area contributed by atoms with Gasteiger partial charge in [-0.05, 0) is 85.6 Å². The molecule has 0 aliphatic heterocycles. The zero-order valence-corrected chi connectivity index (χ0v) is 26.0. The van der Waals surface area contributed by atoms with E-state index in [9.17, 15) is 9.13 Å². The fourth-order valence-corrected chi connectivity index (χ4v) is 19.2. The first kappa shape index (κ1) is 29.1. The van der Waals surface area contributed by atoms with Gasteiger partial charge in [0.1, 0.15) is 12.6 Å². The summed E-state index contributed by atoms with van der Waals surface area (Å²) in [5.74, 6) is 0. The molecular formula is C15H43NO6P2Si4. The van der Waals surface area contributed by atoms with Gasteiger partial charge in [-0.25, -0.2) is 0 Å². The summed E-state index contributed by atoms with van der Waals surface area (Å²) in [7, 11) is -13.4. The summed E-state index contributed by atoms with van der Waals surface area (Å²) in [6, 6.07) is 0. The van der Waals surface area contributed by atoms with Crippen molar-refractivity contribution in [1.29, 1.82) is 0 Å². The molecule has 13 heteroatoms. The van der Waals surface area contributed by atoms with Crippen LogP contribution < -0.4 is 0 Å². The van der Waals surface area contributed by atoms with Gasteiger partial charge in [-0.3, -0.25) is 14.0 Å². The van der Waals surface area contributed by atoms with Crippen molar-refractivity contribution in [2.75, 3.05) is 19.6 Å². The molecule has 0 amide bonds. The lowest BCUT2D eigenvalue weighted by atomic mass is 11.0. The molecule has 0 aromatic heterocycles. The Hall–Kier alpha value is 1.13. The zero-order valence-electron chi connectivity index (χ0n) is 20.2. The summed E-state index contributed by atoms with van der Waals surface area (Å²) in [6.45, 7) is 23.8. The Morgan fingerprint density at radius 1 is 0.536 bits per heavy atom. The fraction of sp³-hybridized carbons (Fsp3) is 1.00. The van der Waals surface area contributed by atoms with Crippen LogP contribution >= 0.6 is 15.2 Å². The van der Waals surface area contributed by atoms with Crippen molar-refractivity contribution >= 4 is 48.5 Å². The molecule has 0 unspecified atom stereocenters. The number of rotatable bonds is 12. The molecule has 0 rings (SSSR count). The Balaban J connectivity index is 5.60. The van der Waals surface area contributed by atoms with Gasteiger partial charge in [0.2, 0.25) is 0 Å². The van der Waals surface area contributed by atoms with Crippen molar-refractivity contribution in [1.82, 2.24) is 4.90 Å². The third-order valence-corrected chi connectivity index (χ3v) is 17.4. The predicted molar refractivity (Wildman–Crippen MR) is 130 cm³/mol. The minimum Gasteiger partial charge on any atom is -0.351 e. The molecule has 170 valence electrons. The fourth-order valence-electron chi connectivity index (χ4n) is 2.46. The van der Waals surface area contributed by atoms with Crippen LogP contribution in [0.15, 0.2) is 0 Å². The Labute approximate surface area is 177 Å². The average Bonchev–Trinajstić information content (AvgIpc) is 2.12. The third kappa shape index (κ3) is 15.0. The van der Waals surface area contributed by atoms with Gasteiger partial charge in [0.15, 0.2) is 33.3 Å². The zero-order chi connectivity index (χ0) is 22.8. The second-order valence-electron chi connectivity index (χ2n) is 11.2. The molecule has 0 aromatic carbocycles. The number of hydrogen-bond donors (Lipinski definition) is 0. The SMILES string of the molecule is CN(CP(=O)(O[Si](C)(C)C)O[Si](C)(C)C)CP(=O)(O[Si](C)(C)C)O[Si](C)(C)C. The van der Waals surface area contributed by atoms with E-state index in [2.05, 4.69) is 0 Å². The van der Waals surface area contributed by atoms with Crippen molar-refractivity contribution in [2.24, 2.45) is 0 Å². The smallest absolute Gasteiger partial charge is 0.325 e. The molecule has 0 aliphatic rings. The van der Waals surface area contributed by atoms with E-state index in [0.717, 1.165) is 0 Å². The second kappa shape index (κ2) is 9.73. The molecule has 7 nitrogen and oxygen atoms in total. The lowest BCUT2D eigenvalue weighted by Crippen LogP contribution is -2.36. The maximum absolute atomic E-state index is 13.5. The van der Waals surface area contributed by atoms with Gasteiger partial charge in [-0.15, -0.1) is 0 Å². The highest BCUT2D eigenvalue weighted by atomic mass is 31.2. The first-order valence-electron chi connectivity index (χ1n) is 9.62.